The van der Waals surface area contributed by atoms with E-state index in [0.29, 0.717) is 18.9 Å². The normalized spacial score (nSPS) is 17.7. The minimum Gasteiger partial charge on any atom is -0.490 e. The van der Waals surface area contributed by atoms with Gasteiger partial charge in [0.25, 0.3) is 0 Å². The van der Waals surface area contributed by atoms with Crippen molar-refractivity contribution in [2.45, 2.75) is 25.4 Å². The van der Waals surface area contributed by atoms with Crippen molar-refractivity contribution >= 4 is 6.20 Å². The summed E-state index contributed by atoms with van der Waals surface area (Å²) < 4.78 is 21.1. The number of halogens is 1. The first-order valence-electron chi connectivity index (χ1n) is 7.08. The Morgan fingerprint density at radius 1 is 1.52 bits per heavy atom. The van der Waals surface area contributed by atoms with Gasteiger partial charge in [0.2, 0.25) is 0 Å². The van der Waals surface area contributed by atoms with Crippen molar-refractivity contribution in [1.29, 1.82) is 0 Å². The van der Waals surface area contributed by atoms with E-state index in [2.05, 4.69) is 17.0 Å². The number of hydrogen-bond acceptors (Lipinski definition) is 3. The Morgan fingerprint density at radius 3 is 3.24 bits per heavy atom. The largest absolute Gasteiger partial charge is 0.490 e. The maximum atomic E-state index is 13.9. The molecule has 1 aliphatic heterocycles. The second-order valence-electron chi connectivity index (χ2n) is 5.09. The van der Waals surface area contributed by atoms with Crippen LogP contribution in [-0.2, 0) is 6.54 Å². The van der Waals surface area contributed by atoms with Gasteiger partial charge in [0.05, 0.1) is 12.8 Å². The molecule has 1 aromatic heterocycles. The fourth-order valence-corrected chi connectivity index (χ4v) is 2.59. The number of rotatable bonds is 4. The highest BCUT2D eigenvalue weighted by Gasteiger charge is 2.21. The van der Waals surface area contributed by atoms with E-state index in [1.54, 1.807) is 23.1 Å². The smallest absolute Gasteiger partial charge is 0.165 e. The Labute approximate surface area is 123 Å². The van der Waals surface area contributed by atoms with Crippen molar-refractivity contribution in [2.24, 2.45) is 0 Å². The molecule has 1 atom stereocenters. The van der Waals surface area contributed by atoms with Crippen LogP contribution in [0.1, 0.15) is 30.0 Å². The number of fused-ring (bicyclic) bond motifs is 1. The molecule has 0 aliphatic carbocycles. The van der Waals surface area contributed by atoms with Gasteiger partial charge < -0.3 is 10.1 Å². The Bertz CT molecular complexity index is 638. The predicted octanol–water partition coefficient (Wildman–Crippen LogP) is 3.13. The molecule has 0 fully saturated rings. The van der Waals surface area contributed by atoms with Crippen LogP contribution >= 0.6 is 0 Å². The van der Waals surface area contributed by atoms with E-state index < -0.39 is 0 Å². The van der Waals surface area contributed by atoms with Crippen molar-refractivity contribution in [2.75, 3.05) is 6.61 Å². The molecule has 110 valence electrons. The van der Waals surface area contributed by atoms with Gasteiger partial charge >= 0.3 is 0 Å². The van der Waals surface area contributed by atoms with Crippen LogP contribution in [0.3, 0.4) is 0 Å². The zero-order chi connectivity index (χ0) is 14.7. The fourth-order valence-electron chi connectivity index (χ4n) is 2.59. The number of aromatic nitrogens is 2. The number of ether oxygens (including phenoxy) is 1. The lowest BCUT2D eigenvalue weighted by Gasteiger charge is -2.18. The van der Waals surface area contributed by atoms with Crippen LogP contribution in [0.5, 0.6) is 5.75 Å². The molecular weight excluding hydrogens is 269 g/mol. The average Bonchev–Trinajstić information content (AvgIpc) is 2.86. The molecule has 0 amide bonds. The standard InChI is InChI=1S/C16H18FN3O/c1-2-20-11-12(10-19-20)9-18-15-7-4-8-21-16-13(15)5-3-6-14(16)17/h2-3,5-6,10-11,15,18H,1,4,7-9H2/t15-/m0/s1. The van der Waals surface area contributed by atoms with Crippen LogP contribution in [0, 0.1) is 5.82 Å². The topological polar surface area (TPSA) is 39.1 Å². The van der Waals surface area contributed by atoms with Crippen molar-refractivity contribution in [3.05, 3.63) is 54.1 Å². The van der Waals surface area contributed by atoms with E-state index in [1.165, 1.54) is 6.07 Å². The first-order chi connectivity index (χ1) is 10.3. The maximum Gasteiger partial charge on any atom is 0.165 e. The predicted molar refractivity (Wildman–Crippen MR) is 79.3 cm³/mol. The molecule has 3 rings (SSSR count). The minimum absolute atomic E-state index is 0.0882. The molecule has 4 nitrogen and oxygen atoms in total. The maximum absolute atomic E-state index is 13.9. The van der Waals surface area contributed by atoms with Gasteiger partial charge in [-0.3, -0.25) is 0 Å². The van der Waals surface area contributed by atoms with Gasteiger partial charge in [0.15, 0.2) is 11.6 Å². The SMILES string of the molecule is C=Cn1cc(CN[C@H]2CCCOc3c(F)cccc32)cn1. The average molecular weight is 287 g/mol. The summed E-state index contributed by atoms with van der Waals surface area (Å²) in [4.78, 5) is 0. The third-order valence-electron chi connectivity index (χ3n) is 3.65. The summed E-state index contributed by atoms with van der Waals surface area (Å²) in [6.45, 7) is 4.90. The van der Waals surface area contributed by atoms with Gasteiger partial charge in [-0.2, -0.15) is 5.10 Å². The molecule has 0 bridgehead atoms. The molecule has 1 aliphatic rings. The van der Waals surface area contributed by atoms with Crippen LogP contribution in [0.25, 0.3) is 6.20 Å². The van der Waals surface area contributed by atoms with Gasteiger partial charge in [-0.25, -0.2) is 9.07 Å². The van der Waals surface area contributed by atoms with E-state index in [9.17, 15) is 4.39 Å². The Morgan fingerprint density at radius 2 is 2.43 bits per heavy atom. The van der Waals surface area contributed by atoms with E-state index >= 15 is 0 Å². The summed E-state index contributed by atoms with van der Waals surface area (Å²) in [5.74, 6) is 0.0926. The molecule has 0 radical (unpaired) electrons. The lowest BCUT2D eigenvalue weighted by molar-refractivity contribution is 0.300. The fraction of sp³-hybridized carbons (Fsp3) is 0.312. The van der Waals surface area contributed by atoms with Gasteiger partial charge in [-0.05, 0) is 18.9 Å². The molecular formula is C16H18FN3O. The molecule has 21 heavy (non-hydrogen) atoms. The number of para-hydroxylation sites is 1. The Kier molecular flexibility index (Phi) is 4.01. The molecule has 1 aromatic carbocycles. The van der Waals surface area contributed by atoms with Gasteiger partial charge in [0, 0.05) is 36.1 Å². The number of nitrogens with zero attached hydrogens (tertiary/aromatic N) is 2. The monoisotopic (exact) mass is 287 g/mol. The zero-order valence-corrected chi connectivity index (χ0v) is 11.8. The van der Waals surface area contributed by atoms with Crippen molar-refractivity contribution in [3.8, 4) is 5.75 Å². The van der Waals surface area contributed by atoms with Gasteiger partial charge in [-0.1, -0.05) is 18.7 Å². The first-order valence-corrected chi connectivity index (χ1v) is 7.08. The second-order valence-corrected chi connectivity index (χ2v) is 5.09. The summed E-state index contributed by atoms with van der Waals surface area (Å²) in [6, 6.07) is 5.18. The molecule has 0 saturated carbocycles. The number of benzene rings is 1. The number of nitrogens with one attached hydrogen (secondary N) is 1. The zero-order valence-electron chi connectivity index (χ0n) is 11.8. The van der Waals surface area contributed by atoms with Gasteiger partial charge in [-0.15, -0.1) is 0 Å². The molecule has 1 N–H and O–H groups in total. The lowest BCUT2D eigenvalue weighted by Crippen LogP contribution is -2.20. The Balaban J connectivity index is 1.76. The lowest BCUT2D eigenvalue weighted by atomic mass is 10.0. The number of hydrogen-bond donors (Lipinski definition) is 1. The molecule has 0 spiro atoms. The van der Waals surface area contributed by atoms with E-state index in [4.69, 9.17) is 4.74 Å². The summed E-state index contributed by atoms with van der Waals surface area (Å²) >= 11 is 0. The van der Waals surface area contributed by atoms with Crippen molar-refractivity contribution in [3.63, 3.8) is 0 Å². The van der Waals surface area contributed by atoms with Crippen molar-refractivity contribution in [1.82, 2.24) is 15.1 Å². The summed E-state index contributed by atoms with van der Waals surface area (Å²) in [5.41, 5.74) is 1.96. The summed E-state index contributed by atoms with van der Waals surface area (Å²) in [6.07, 6.45) is 7.19. The molecule has 5 heteroatoms. The summed E-state index contributed by atoms with van der Waals surface area (Å²) in [7, 11) is 0. The molecule has 0 unspecified atom stereocenters. The highest BCUT2D eigenvalue weighted by atomic mass is 19.1. The molecule has 0 saturated heterocycles. The first kappa shape index (κ1) is 13.8. The second kappa shape index (κ2) is 6.10. The highest BCUT2D eigenvalue weighted by molar-refractivity contribution is 5.38. The van der Waals surface area contributed by atoms with Crippen LogP contribution in [0.2, 0.25) is 0 Å². The highest BCUT2D eigenvalue weighted by Crippen LogP contribution is 2.33. The van der Waals surface area contributed by atoms with E-state index in [-0.39, 0.29) is 11.9 Å². The van der Waals surface area contributed by atoms with Crippen LogP contribution in [-0.4, -0.2) is 16.4 Å². The van der Waals surface area contributed by atoms with E-state index in [1.807, 2.05) is 12.3 Å². The van der Waals surface area contributed by atoms with Crippen LogP contribution in [0.4, 0.5) is 4.39 Å². The van der Waals surface area contributed by atoms with Crippen LogP contribution in [0.15, 0.2) is 37.2 Å². The third-order valence-corrected chi connectivity index (χ3v) is 3.65. The van der Waals surface area contributed by atoms with Crippen molar-refractivity contribution < 1.29 is 9.13 Å². The summed E-state index contributed by atoms with van der Waals surface area (Å²) in [5, 5.41) is 7.61. The quantitative estimate of drug-likeness (QED) is 0.939. The van der Waals surface area contributed by atoms with E-state index in [0.717, 1.165) is 24.0 Å². The third kappa shape index (κ3) is 2.97. The van der Waals surface area contributed by atoms with Gasteiger partial charge in [0.1, 0.15) is 0 Å². The Hall–Kier alpha value is -2.14. The minimum atomic E-state index is -0.291. The van der Waals surface area contributed by atoms with Crippen LogP contribution < -0.4 is 10.1 Å². The molecule has 2 aromatic rings. The molecule has 2 heterocycles.